The summed E-state index contributed by atoms with van der Waals surface area (Å²) in [5.74, 6) is -0.286. The average Bonchev–Trinajstić information content (AvgIpc) is 2.32. The zero-order chi connectivity index (χ0) is 11.5. The molecule has 0 aliphatic carbocycles. The van der Waals surface area contributed by atoms with Gasteiger partial charge in [0.25, 0.3) is 0 Å². The van der Waals surface area contributed by atoms with Crippen molar-refractivity contribution in [3.8, 4) is 0 Å². The van der Waals surface area contributed by atoms with Gasteiger partial charge in [-0.3, -0.25) is 0 Å². The maximum absolute atomic E-state index is 13.2. The molecule has 0 spiro atoms. The number of nitrogens with two attached hydrogens (primary N) is 1. The van der Waals surface area contributed by atoms with Gasteiger partial charge in [-0.2, -0.15) is 0 Å². The summed E-state index contributed by atoms with van der Waals surface area (Å²) in [6.45, 7) is 0.925. The molecule has 1 aliphatic rings. The van der Waals surface area contributed by atoms with Crippen LogP contribution < -0.4 is 10.6 Å². The van der Waals surface area contributed by atoms with Gasteiger partial charge in [0.2, 0.25) is 0 Å². The first-order chi connectivity index (χ1) is 7.72. The molecule has 0 radical (unpaired) electrons. The Morgan fingerprint density at radius 3 is 3.00 bits per heavy atom. The van der Waals surface area contributed by atoms with E-state index >= 15 is 0 Å². The Hall–Kier alpha value is -1.29. The summed E-state index contributed by atoms with van der Waals surface area (Å²) in [5, 5.41) is 9.31. The van der Waals surface area contributed by atoms with Gasteiger partial charge in [0.1, 0.15) is 5.82 Å². The highest BCUT2D eigenvalue weighted by Gasteiger charge is 2.23. The van der Waals surface area contributed by atoms with Crippen molar-refractivity contribution in [1.82, 2.24) is 0 Å². The van der Waals surface area contributed by atoms with E-state index in [1.165, 1.54) is 12.1 Å². The molecule has 16 heavy (non-hydrogen) atoms. The highest BCUT2D eigenvalue weighted by molar-refractivity contribution is 5.68. The lowest BCUT2D eigenvalue weighted by Crippen LogP contribution is -2.42. The van der Waals surface area contributed by atoms with Crippen LogP contribution in [0.1, 0.15) is 19.3 Å². The maximum atomic E-state index is 13.2. The van der Waals surface area contributed by atoms with E-state index in [9.17, 15) is 9.50 Å². The molecule has 2 rings (SSSR count). The van der Waals surface area contributed by atoms with E-state index < -0.39 is 0 Å². The Labute approximate surface area is 94.7 Å². The van der Waals surface area contributed by atoms with Crippen molar-refractivity contribution in [3.05, 3.63) is 24.0 Å². The predicted octanol–water partition coefficient (Wildman–Crippen LogP) is 1.76. The number of anilines is 2. The number of aliphatic hydroxyl groups excluding tert-OH is 1. The first kappa shape index (κ1) is 11.2. The molecule has 3 nitrogen and oxygen atoms in total. The molecule has 88 valence electrons. The van der Waals surface area contributed by atoms with Crippen molar-refractivity contribution in [3.63, 3.8) is 0 Å². The average molecular weight is 224 g/mol. The zero-order valence-corrected chi connectivity index (χ0v) is 9.19. The second-order valence-electron chi connectivity index (χ2n) is 4.23. The van der Waals surface area contributed by atoms with Gasteiger partial charge in [0, 0.05) is 6.54 Å². The van der Waals surface area contributed by atoms with Gasteiger partial charge in [-0.1, -0.05) is 0 Å². The van der Waals surface area contributed by atoms with E-state index in [4.69, 9.17) is 5.73 Å². The summed E-state index contributed by atoms with van der Waals surface area (Å²) >= 11 is 0. The number of hydrogen-bond acceptors (Lipinski definition) is 3. The van der Waals surface area contributed by atoms with Crippen molar-refractivity contribution < 1.29 is 9.50 Å². The van der Waals surface area contributed by atoms with Crippen LogP contribution in [0.3, 0.4) is 0 Å². The lowest BCUT2D eigenvalue weighted by molar-refractivity contribution is 0.240. The van der Waals surface area contributed by atoms with Crippen LogP contribution in [-0.4, -0.2) is 24.3 Å². The van der Waals surface area contributed by atoms with E-state index in [-0.39, 0.29) is 18.5 Å². The van der Waals surface area contributed by atoms with Crippen LogP contribution in [0, 0.1) is 5.82 Å². The van der Waals surface area contributed by atoms with Crippen LogP contribution in [0.2, 0.25) is 0 Å². The quantitative estimate of drug-likeness (QED) is 0.752. The first-order valence-corrected chi connectivity index (χ1v) is 5.65. The minimum Gasteiger partial charge on any atom is -0.397 e. The maximum Gasteiger partial charge on any atom is 0.125 e. The molecule has 3 N–H and O–H groups in total. The molecule has 1 atom stereocenters. The highest BCUT2D eigenvalue weighted by atomic mass is 19.1. The Bertz CT molecular complexity index is 370. The minimum atomic E-state index is -0.286. The second-order valence-corrected chi connectivity index (χ2v) is 4.23. The highest BCUT2D eigenvalue weighted by Crippen LogP contribution is 2.30. The van der Waals surface area contributed by atoms with Crippen molar-refractivity contribution in [2.45, 2.75) is 25.3 Å². The standard InChI is InChI=1S/C12H17FN2O/c13-9-4-5-11(14)12(7-9)15-6-2-1-3-10(15)8-16/h4-5,7,10,16H,1-3,6,8,14H2. The number of hydrogen-bond donors (Lipinski definition) is 2. The summed E-state index contributed by atoms with van der Waals surface area (Å²) in [7, 11) is 0. The fourth-order valence-corrected chi connectivity index (χ4v) is 2.27. The Balaban J connectivity index is 2.30. The second kappa shape index (κ2) is 4.70. The summed E-state index contributed by atoms with van der Waals surface area (Å²) in [6, 6.07) is 4.45. The molecule has 1 unspecified atom stereocenters. The van der Waals surface area contributed by atoms with E-state index in [0.717, 1.165) is 25.8 Å². The van der Waals surface area contributed by atoms with Crippen LogP contribution >= 0.6 is 0 Å². The molecule has 1 aliphatic heterocycles. The number of aliphatic hydroxyl groups is 1. The molecule has 0 amide bonds. The summed E-state index contributed by atoms with van der Waals surface area (Å²) in [6.07, 6.45) is 3.11. The Morgan fingerprint density at radius 1 is 1.44 bits per heavy atom. The van der Waals surface area contributed by atoms with E-state index in [1.807, 2.05) is 4.90 Å². The SMILES string of the molecule is Nc1ccc(F)cc1N1CCCCC1CO. The van der Waals surface area contributed by atoms with Crippen LogP contribution in [0.15, 0.2) is 18.2 Å². The molecule has 1 saturated heterocycles. The molecule has 0 aromatic heterocycles. The van der Waals surface area contributed by atoms with Gasteiger partial charge in [-0.05, 0) is 37.5 Å². The van der Waals surface area contributed by atoms with Crippen LogP contribution in [0.5, 0.6) is 0 Å². The predicted molar refractivity (Wildman–Crippen MR) is 62.9 cm³/mol. The lowest BCUT2D eigenvalue weighted by atomic mass is 10.0. The summed E-state index contributed by atoms with van der Waals surface area (Å²) in [4.78, 5) is 2.02. The van der Waals surface area contributed by atoms with Crippen LogP contribution in [0.25, 0.3) is 0 Å². The Morgan fingerprint density at radius 2 is 2.25 bits per heavy atom. The molecular weight excluding hydrogens is 207 g/mol. The normalized spacial score (nSPS) is 21.1. The monoisotopic (exact) mass is 224 g/mol. The Kier molecular flexibility index (Phi) is 3.29. The molecule has 4 heteroatoms. The fourth-order valence-electron chi connectivity index (χ4n) is 2.27. The van der Waals surface area contributed by atoms with Gasteiger partial charge < -0.3 is 15.7 Å². The molecule has 1 aromatic carbocycles. The zero-order valence-electron chi connectivity index (χ0n) is 9.19. The van der Waals surface area contributed by atoms with Crippen molar-refractivity contribution in [2.75, 3.05) is 23.8 Å². The molecular formula is C12H17FN2O. The third-order valence-electron chi connectivity index (χ3n) is 3.14. The van der Waals surface area contributed by atoms with Crippen molar-refractivity contribution in [2.24, 2.45) is 0 Å². The minimum absolute atomic E-state index is 0.0675. The van der Waals surface area contributed by atoms with Gasteiger partial charge in [0.05, 0.1) is 24.0 Å². The fraction of sp³-hybridized carbons (Fsp3) is 0.500. The third-order valence-corrected chi connectivity index (χ3v) is 3.14. The van der Waals surface area contributed by atoms with E-state index in [1.54, 1.807) is 6.07 Å². The molecule has 0 bridgehead atoms. The van der Waals surface area contributed by atoms with Crippen LogP contribution in [0.4, 0.5) is 15.8 Å². The molecule has 0 saturated carbocycles. The molecule has 1 aromatic rings. The van der Waals surface area contributed by atoms with Crippen molar-refractivity contribution >= 4 is 11.4 Å². The number of rotatable bonds is 2. The van der Waals surface area contributed by atoms with Crippen LogP contribution in [-0.2, 0) is 0 Å². The number of benzene rings is 1. The van der Waals surface area contributed by atoms with E-state index in [2.05, 4.69) is 0 Å². The van der Waals surface area contributed by atoms with Gasteiger partial charge >= 0.3 is 0 Å². The van der Waals surface area contributed by atoms with Crippen molar-refractivity contribution in [1.29, 1.82) is 0 Å². The molecule has 1 fully saturated rings. The number of nitrogen functional groups attached to an aromatic ring is 1. The van der Waals surface area contributed by atoms with Gasteiger partial charge in [-0.15, -0.1) is 0 Å². The number of nitrogens with zero attached hydrogens (tertiary/aromatic N) is 1. The molecule has 1 heterocycles. The van der Waals surface area contributed by atoms with E-state index in [0.29, 0.717) is 11.4 Å². The topological polar surface area (TPSA) is 49.5 Å². The van der Waals surface area contributed by atoms with Gasteiger partial charge in [-0.25, -0.2) is 4.39 Å². The largest absolute Gasteiger partial charge is 0.397 e. The first-order valence-electron chi connectivity index (χ1n) is 5.65. The number of piperidine rings is 1. The summed E-state index contributed by atoms with van der Waals surface area (Å²) < 4.78 is 13.2. The summed E-state index contributed by atoms with van der Waals surface area (Å²) in [5.41, 5.74) is 7.13. The van der Waals surface area contributed by atoms with Gasteiger partial charge in [0.15, 0.2) is 0 Å². The lowest BCUT2D eigenvalue weighted by Gasteiger charge is -2.37. The smallest absolute Gasteiger partial charge is 0.125 e. The third kappa shape index (κ3) is 2.11. The number of halogens is 1.